The molecule has 4 aromatic rings. The van der Waals surface area contributed by atoms with Crippen LogP contribution in [-0.2, 0) is 18.9 Å². The first-order valence-electron chi connectivity index (χ1n) is 19.4. The molecule has 0 aromatic heterocycles. The van der Waals surface area contributed by atoms with E-state index < -0.39 is 11.9 Å². The number of carbonyl (C=O) groups excluding carboxylic acids is 2. The summed E-state index contributed by atoms with van der Waals surface area (Å²) >= 11 is 0. The van der Waals surface area contributed by atoms with Gasteiger partial charge in [0.05, 0.1) is 75.2 Å². The van der Waals surface area contributed by atoms with Crippen molar-refractivity contribution in [2.45, 2.75) is 75.8 Å². The molecular formula is C44H48O10. The predicted molar refractivity (Wildman–Crippen MR) is 201 cm³/mol. The molecule has 0 N–H and O–H groups in total. The summed E-state index contributed by atoms with van der Waals surface area (Å²) < 4.78 is 45.4. The highest BCUT2D eigenvalue weighted by Gasteiger charge is 2.38. The van der Waals surface area contributed by atoms with Crippen molar-refractivity contribution in [3.8, 4) is 23.0 Å². The van der Waals surface area contributed by atoms with Crippen LogP contribution in [0.1, 0.15) is 72.1 Å². The lowest BCUT2D eigenvalue weighted by molar-refractivity contribution is 0.0723. The molecular weight excluding hydrogens is 688 g/mol. The molecule has 10 heteroatoms. The van der Waals surface area contributed by atoms with E-state index in [1.165, 1.54) is 0 Å². The van der Waals surface area contributed by atoms with Gasteiger partial charge in [-0.15, -0.1) is 0 Å². The van der Waals surface area contributed by atoms with E-state index >= 15 is 0 Å². The molecule has 6 atom stereocenters. The van der Waals surface area contributed by atoms with Crippen molar-refractivity contribution in [3.63, 3.8) is 0 Å². The van der Waals surface area contributed by atoms with Crippen LogP contribution in [0.5, 0.6) is 23.0 Å². The topological polar surface area (TPSA) is 121 Å². The Balaban J connectivity index is 0.787. The summed E-state index contributed by atoms with van der Waals surface area (Å²) in [4.78, 5) is 26.3. The molecule has 0 saturated carbocycles. The Morgan fingerprint density at radius 1 is 0.537 bits per heavy atom. The monoisotopic (exact) mass is 736 g/mol. The van der Waals surface area contributed by atoms with Gasteiger partial charge in [0.1, 0.15) is 23.0 Å². The Bertz CT molecular complexity index is 1720. The van der Waals surface area contributed by atoms with Crippen LogP contribution >= 0.6 is 0 Å². The van der Waals surface area contributed by atoms with E-state index in [1.54, 1.807) is 60.7 Å². The minimum atomic E-state index is -0.493. The third-order valence-corrected chi connectivity index (χ3v) is 10.6. The van der Waals surface area contributed by atoms with E-state index in [-0.39, 0.29) is 0 Å². The number of esters is 2. The summed E-state index contributed by atoms with van der Waals surface area (Å²) in [5, 5.41) is 1.30. The second-order valence-corrected chi connectivity index (χ2v) is 14.8. The zero-order valence-corrected chi connectivity index (χ0v) is 30.5. The van der Waals surface area contributed by atoms with Gasteiger partial charge in [-0.1, -0.05) is 24.3 Å². The van der Waals surface area contributed by atoms with Gasteiger partial charge in [-0.25, -0.2) is 9.59 Å². The van der Waals surface area contributed by atoms with Crippen LogP contribution in [0, 0.1) is 11.8 Å². The zero-order chi connectivity index (χ0) is 36.7. The van der Waals surface area contributed by atoms with E-state index in [0.717, 1.165) is 77.8 Å². The minimum absolute atomic E-state index is 0.369. The molecule has 4 fully saturated rings. The molecule has 0 radical (unpaired) electrons. The number of rotatable bonds is 22. The number of hydrogen-bond donors (Lipinski definition) is 0. The predicted octanol–water partition coefficient (Wildman–Crippen LogP) is 7.98. The number of benzene rings is 4. The van der Waals surface area contributed by atoms with Crippen LogP contribution in [0.2, 0.25) is 0 Å². The van der Waals surface area contributed by atoms with E-state index in [9.17, 15) is 9.59 Å². The molecule has 0 spiro atoms. The van der Waals surface area contributed by atoms with Crippen molar-refractivity contribution < 1.29 is 47.5 Å². The van der Waals surface area contributed by atoms with Crippen LogP contribution in [0.15, 0.2) is 84.9 Å². The Kier molecular flexibility index (Phi) is 11.7. The number of epoxide rings is 4. The molecule has 0 aliphatic carbocycles. The second kappa shape index (κ2) is 17.3. The molecule has 4 aromatic carbocycles. The normalized spacial score (nSPS) is 21.9. The van der Waals surface area contributed by atoms with Gasteiger partial charge in [0.2, 0.25) is 0 Å². The van der Waals surface area contributed by atoms with Gasteiger partial charge in [-0.05, 0) is 124 Å². The average molecular weight is 737 g/mol. The van der Waals surface area contributed by atoms with Gasteiger partial charge in [0.15, 0.2) is 0 Å². The summed E-state index contributed by atoms with van der Waals surface area (Å²) in [5.41, 5.74) is 0.807. The molecule has 8 rings (SSSR count). The third kappa shape index (κ3) is 10.4. The maximum atomic E-state index is 13.2. The SMILES string of the molecule is O=C(Oc1ccc(OC(=O)c2ccc(OCCCCC(CC3CO3)C3CO3)cc2)c2ccccc12)c1ccc(OCCCCC(CC2CO2)C2CO2)cc1. The van der Waals surface area contributed by atoms with Crippen molar-refractivity contribution >= 4 is 22.7 Å². The maximum Gasteiger partial charge on any atom is 0.343 e. The molecule has 4 saturated heterocycles. The van der Waals surface area contributed by atoms with E-state index in [2.05, 4.69) is 0 Å². The van der Waals surface area contributed by atoms with Gasteiger partial charge in [-0.3, -0.25) is 0 Å². The number of hydrogen-bond acceptors (Lipinski definition) is 10. The highest BCUT2D eigenvalue weighted by molar-refractivity contribution is 6.00. The fourth-order valence-electron chi connectivity index (χ4n) is 7.16. The first-order chi connectivity index (χ1) is 26.6. The fraction of sp³-hybridized carbons (Fsp3) is 0.455. The Labute approximate surface area is 315 Å². The van der Waals surface area contributed by atoms with E-state index in [4.69, 9.17) is 37.9 Å². The molecule has 54 heavy (non-hydrogen) atoms. The van der Waals surface area contributed by atoms with E-state index in [1.807, 2.05) is 24.3 Å². The Morgan fingerprint density at radius 3 is 1.31 bits per heavy atom. The summed E-state index contributed by atoms with van der Waals surface area (Å²) in [5.74, 6) is 2.32. The number of fused-ring (bicyclic) bond motifs is 1. The van der Waals surface area contributed by atoms with Crippen molar-refractivity contribution in [3.05, 3.63) is 96.1 Å². The van der Waals surface area contributed by atoms with Crippen molar-refractivity contribution in [2.24, 2.45) is 11.8 Å². The lowest BCUT2D eigenvalue weighted by Gasteiger charge is -2.13. The van der Waals surface area contributed by atoms with Gasteiger partial charge in [0.25, 0.3) is 0 Å². The third-order valence-electron chi connectivity index (χ3n) is 10.6. The van der Waals surface area contributed by atoms with Crippen LogP contribution in [0.25, 0.3) is 10.8 Å². The lowest BCUT2D eigenvalue weighted by atomic mass is 9.94. The smallest absolute Gasteiger partial charge is 0.343 e. The second-order valence-electron chi connectivity index (χ2n) is 14.8. The summed E-state index contributed by atoms with van der Waals surface area (Å²) in [6.45, 7) is 4.75. The maximum absolute atomic E-state index is 13.2. The van der Waals surface area contributed by atoms with Crippen LogP contribution in [0.3, 0.4) is 0 Å². The molecule has 0 amide bonds. The standard InChI is InChI=1S/C44H48O10/c45-43(29-11-15-33(16-12-29)47-21-5-3-7-31(41-27-51-41)23-35-25-49-35)53-39-19-20-40(38-10-2-1-9-37(38)39)54-44(46)30-13-17-34(18-14-30)48-22-6-4-8-32(42-28-52-42)24-36-26-50-36/h1-2,9-20,31-32,35-36,41-42H,3-8,21-28H2. The quantitative estimate of drug-likeness (QED) is 0.0340. The van der Waals surface area contributed by atoms with Crippen LogP contribution in [0.4, 0.5) is 0 Å². The van der Waals surface area contributed by atoms with Gasteiger partial charge in [0, 0.05) is 10.8 Å². The number of carbonyl (C=O) groups is 2. The number of ether oxygens (including phenoxy) is 8. The lowest BCUT2D eigenvalue weighted by Crippen LogP contribution is -2.12. The molecule has 0 bridgehead atoms. The highest BCUT2D eigenvalue weighted by Crippen LogP contribution is 2.36. The summed E-state index contributed by atoms with van der Waals surface area (Å²) in [6.07, 6.45) is 10.2. The van der Waals surface area contributed by atoms with Crippen molar-refractivity contribution in [2.75, 3.05) is 39.6 Å². The molecule has 284 valence electrons. The van der Waals surface area contributed by atoms with Gasteiger partial charge in [-0.2, -0.15) is 0 Å². The molecule has 6 unspecified atom stereocenters. The van der Waals surface area contributed by atoms with Crippen molar-refractivity contribution in [1.82, 2.24) is 0 Å². The first kappa shape index (κ1) is 36.5. The fourth-order valence-corrected chi connectivity index (χ4v) is 7.16. The molecule has 4 heterocycles. The first-order valence-corrected chi connectivity index (χ1v) is 19.4. The highest BCUT2D eigenvalue weighted by atomic mass is 16.6. The largest absolute Gasteiger partial charge is 0.494 e. The molecule has 10 nitrogen and oxygen atoms in total. The average Bonchev–Trinajstić information content (AvgIpc) is 3.97. The molecule has 4 aliphatic heterocycles. The van der Waals surface area contributed by atoms with Crippen LogP contribution in [-0.4, -0.2) is 76.0 Å². The summed E-state index contributed by atoms with van der Waals surface area (Å²) in [7, 11) is 0. The van der Waals surface area contributed by atoms with Crippen molar-refractivity contribution in [1.29, 1.82) is 0 Å². The Morgan fingerprint density at radius 2 is 0.944 bits per heavy atom. The minimum Gasteiger partial charge on any atom is -0.494 e. The van der Waals surface area contributed by atoms with E-state index in [0.29, 0.717) is 94.4 Å². The summed E-state index contributed by atoms with van der Waals surface area (Å²) in [6, 6.07) is 24.6. The van der Waals surface area contributed by atoms with Crippen LogP contribution < -0.4 is 18.9 Å². The van der Waals surface area contributed by atoms with Gasteiger partial charge < -0.3 is 37.9 Å². The van der Waals surface area contributed by atoms with Gasteiger partial charge >= 0.3 is 11.9 Å². The molecule has 4 aliphatic rings. The number of unbranched alkanes of at least 4 members (excludes halogenated alkanes) is 2. The Hall–Kier alpha value is -4.48. The zero-order valence-electron chi connectivity index (χ0n) is 30.5.